The number of imidazole rings is 1. The van der Waals surface area contributed by atoms with E-state index in [2.05, 4.69) is 16.8 Å². The van der Waals surface area contributed by atoms with Gasteiger partial charge in [0.15, 0.2) is 0 Å². The number of halogens is 1. The Morgan fingerprint density at radius 1 is 1.33 bits per heavy atom. The molecule has 0 spiro atoms. The van der Waals surface area contributed by atoms with Crippen molar-refractivity contribution in [1.29, 1.82) is 0 Å². The lowest BCUT2D eigenvalue weighted by atomic mass is 10.1. The molecule has 1 aromatic carbocycles. The number of aliphatic hydroxyl groups excluding tert-OH is 1. The van der Waals surface area contributed by atoms with Crippen LogP contribution in [0.1, 0.15) is 30.0 Å². The third kappa shape index (κ3) is 4.06. The van der Waals surface area contributed by atoms with Crippen LogP contribution in [0.4, 0.5) is 0 Å². The maximum Gasteiger partial charge on any atom is 0.128 e. The third-order valence-corrected chi connectivity index (χ3v) is 4.08. The van der Waals surface area contributed by atoms with E-state index in [0.717, 1.165) is 17.9 Å². The van der Waals surface area contributed by atoms with Crippen LogP contribution in [0.5, 0.6) is 0 Å². The molecule has 0 aliphatic carbocycles. The molecule has 1 heterocycles. The summed E-state index contributed by atoms with van der Waals surface area (Å²) in [6, 6.07) is 8.00. The van der Waals surface area contributed by atoms with Gasteiger partial charge in [0.1, 0.15) is 11.0 Å². The average molecular weight is 308 g/mol. The lowest BCUT2D eigenvalue weighted by molar-refractivity contribution is 0.110. The molecule has 1 aromatic heterocycles. The van der Waals surface area contributed by atoms with Gasteiger partial charge in [0.25, 0.3) is 0 Å². The number of likely N-dealkylation sites (N-methyl/N-ethyl adjacent to an activating group) is 1. The molecule has 0 radical (unpaired) electrons. The number of aromatic nitrogens is 2. The van der Waals surface area contributed by atoms with Crippen LogP contribution in [-0.2, 0) is 13.6 Å². The van der Waals surface area contributed by atoms with Gasteiger partial charge >= 0.3 is 0 Å². The number of hydrogen-bond acceptors (Lipinski definition) is 3. The van der Waals surface area contributed by atoms with E-state index in [1.165, 1.54) is 5.56 Å². The van der Waals surface area contributed by atoms with Gasteiger partial charge in [-0.15, -0.1) is 0 Å². The summed E-state index contributed by atoms with van der Waals surface area (Å²) in [5.41, 5.74) is 2.14. The highest BCUT2D eigenvalue weighted by molar-refractivity contribution is 6.29. The molecule has 114 valence electrons. The highest BCUT2D eigenvalue weighted by atomic mass is 35.5. The molecule has 2 rings (SSSR count). The standard InChI is InChI=1S/C16H22ClN3O/c1-4-20(11-16-18-9-15(17)19(16)3)10-14(21)13-7-5-12(2)6-8-13/h5-9,14,21H,4,10-11H2,1-3H3. The van der Waals surface area contributed by atoms with Crippen molar-refractivity contribution < 1.29 is 5.11 Å². The molecule has 1 N–H and O–H groups in total. The maximum atomic E-state index is 10.4. The number of aryl methyl sites for hydroxylation is 1. The molecule has 0 aliphatic rings. The molecule has 0 saturated carbocycles. The van der Waals surface area contributed by atoms with Crippen molar-refractivity contribution >= 4 is 11.6 Å². The van der Waals surface area contributed by atoms with E-state index in [1.54, 1.807) is 6.20 Å². The molecule has 5 heteroatoms. The first-order valence-electron chi connectivity index (χ1n) is 7.14. The summed E-state index contributed by atoms with van der Waals surface area (Å²) in [5, 5.41) is 11.0. The quantitative estimate of drug-likeness (QED) is 0.892. The fourth-order valence-corrected chi connectivity index (χ4v) is 2.36. The Hall–Kier alpha value is -1.36. The van der Waals surface area contributed by atoms with Gasteiger partial charge in [0.05, 0.1) is 18.8 Å². The van der Waals surface area contributed by atoms with Crippen LogP contribution in [0, 0.1) is 6.92 Å². The molecule has 0 aliphatic heterocycles. The molecule has 2 aromatic rings. The molecule has 21 heavy (non-hydrogen) atoms. The fourth-order valence-electron chi connectivity index (χ4n) is 2.22. The zero-order chi connectivity index (χ0) is 15.4. The number of aliphatic hydroxyl groups is 1. The third-order valence-electron chi connectivity index (χ3n) is 3.73. The van der Waals surface area contributed by atoms with E-state index in [1.807, 2.05) is 42.8 Å². The van der Waals surface area contributed by atoms with Crippen molar-refractivity contribution in [3.05, 3.63) is 52.6 Å². The van der Waals surface area contributed by atoms with Gasteiger partial charge in [-0.2, -0.15) is 0 Å². The van der Waals surface area contributed by atoms with E-state index < -0.39 is 6.10 Å². The fraction of sp³-hybridized carbons (Fsp3) is 0.438. The van der Waals surface area contributed by atoms with Crippen molar-refractivity contribution in [3.63, 3.8) is 0 Å². The monoisotopic (exact) mass is 307 g/mol. The summed E-state index contributed by atoms with van der Waals surface area (Å²) < 4.78 is 1.86. The van der Waals surface area contributed by atoms with Gasteiger partial charge in [0, 0.05) is 13.6 Å². The van der Waals surface area contributed by atoms with Crippen molar-refractivity contribution in [2.45, 2.75) is 26.5 Å². The second-order valence-corrected chi connectivity index (χ2v) is 5.70. The molecule has 0 fully saturated rings. The molecular weight excluding hydrogens is 286 g/mol. The van der Waals surface area contributed by atoms with Crippen LogP contribution >= 0.6 is 11.6 Å². The smallest absolute Gasteiger partial charge is 0.128 e. The van der Waals surface area contributed by atoms with Gasteiger partial charge < -0.3 is 9.67 Å². The first-order chi connectivity index (χ1) is 10.0. The van der Waals surface area contributed by atoms with Crippen molar-refractivity contribution in [3.8, 4) is 0 Å². The van der Waals surface area contributed by atoms with E-state index in [-0.39, 0.29) is 0 Å². The zero-order valence-electron chi connectivity index (χ0n) is 12.8. The number of rotatable bonds is 6. The number of nitrogens with zero attached hydrogens (tertiary/aromatic N) is 3. The summed E-state index contributed by atoms with van der Waals surface area (Å²) in [4.78, 5) is 6.46. The van der Waals surface area contributed by atoms with Crippen LogP contribution in [0.25, 0.3) is 0 Å². The van der Waals surface area contributed by atoms with Crippen LogP contribution in [0.15, 0.2) is 30.5 Å². The normalized spacial score (nSPS) is 12.9. The van der Waals surface area contributed by atoms with Crippen LogP contribution in [-0.4, -0.2) is 32.6 Å². The summed E-state index contributed by atoms with van der Waals surface area (Å²) in [6.07, 6.45) is 1.16. The largest absolute Gasteiger partial charge is 0.387 e. The van der Waals surface area contributed by atoms with Crippen molar-refractivity contribution in [2.75, 3.05) is 13.1 Å². The minimum Gasteiger partial charge on any atom is -0.387 e. The topological polar surface area (TPSA) is 41.3 Å². The summed E-state index contributed by atoms with van der Waals surface area (Å²) in [5.74, 6) is 0.901. The Kier molecular flexibility index (Phi) is 5.39. The van der Waals surface area contributed by atoms with Gasteiger partial charge in [-0.05, 0) is 19.0 Å². The lowest BCUT2D eigenvalue weighted by Crippen LogP contribution is -2.29. The van der Waals surface area contributed by atoms with Crippen LogP contribution in [0.3, 0.4) is 0 Å². The van der Waals surface area contributed by atoms with Gasteiger partial charge in [0.2, 0.25) is 0 Å². The highest BCUT2D eigenvalue weighted by Gasteiger charge is 2.15. The minimum atomic E-state index is -0.499. The summed E-state index contributed by atoms with van der Waals surface area (Å²) >= 11 is 6.01. The first kappa shape index (κ1) is 16.0. The van der Waals surface area contributed by atoms with Gasteiger partial charge in [-0.1, -0.05) is 48.4 Å². The Balaban J connectivity index is 2.01. The summed E-state index contributed by atoms with van der Waals surface area (Å²) in [7, 11) is 1.90. The van der Waals surface area contributed by atoms with Crippen LogP contribution < -0.4 is 0 Å². The molecular formula is C16H22ClN3O. The van der Waals surface area contributed by atoms with Gasteiger partial charge in [-0.25, -0.2) is 4.98 Å². The molecule has 0 saturated heterocycles. The lowest BCUT2D eigenvalue weighted by Gasteiger charge is -2.23. The summed E-state index contributed by atoms with van der Waals surface area (Å²) in [6.45, 7) is 6.20. The number of hydrogen-bond donors (Lipinski definition) is 1. The van der Waals surface area contributed by atoms with E-state index >= 15 is 0 Å². The Morgan fingerprint density at radius 2 is 2.00 bits per heavy atom. The zero-order valence-corrected chi connectivity index (χ0v) is 13.5. The predicted octanol–water partition coefficient (Wildman–Crippen LogP) is 2.94. The number of benzene rings is 1. The highest BCUT2D eigenvalue weighted by Crippen LogP contribution is 2.17. The van der Waals surface area contributed by atoms with Crippen LogP contribution in [0.2, 0.25) is 5.15 Å². The average Bonchev–Trinajstić information content (AvgIpc) is 2.79. The molecule has 1 unspecified atom stereocenters. The molecule has 1 atom stereocenters. The SMILES string of the molecule is CCN(Cc1ncc(Cl)n1C)CC(O)c1ccc(C)cc1. The second kappa shape index (κ2) is 7.07. The van der Waals surface area contributed by atoms with Crippen molar-refractivity contribution in [1.82, 2.24) is 14.5 Å². The Labute approximate surface area is 131 Å². The molecule has 4 nitrogen and oxygen atoms in total. The second-order valence-electron chi connectivity index (χ2n) is 5.31. The van der Waals surface area contributed by atoms with E-state index in [4.69, 9.17) is 11.6 Å². The first-order valence-corrected chi connectivity index (χ1v) is 7.52. The van der Waals surface area contributed by atoms with Gasteiger partial charge in [-0.3, -0.25) is 4.90 Å². The maximum absolute atomic E-state index is 10.4. The molecule has 0 bridgehead atoms. The minimum absolute atomic E-state index is 0.499. The molecule has 0 amide bonds. The Bertz CT molecular complexity index is 580. The Morgan fingerprint density at radius 3 is 2.52 bits per heavy atom. The predicted molar refractivity (Wildman–Crippen MR) is 85.3 cm³/mol. The van der Waals surface area contributed by atoms with E-state index in [9.17, 15) is 5.11 Å². The van der Waals surface area contributed by atoms with E-state index in [0.29, 0.717) is 18.2 Å². The van der Waals surface area contributed by atoms with Crippen molar-refractivity contribution in [2.24, 2.45) is 7.05 Å².